The summed E-state index contributed by atoms with van der Waals surface area (Å²) in [6, 6.07) is 1.89. The van der Waals surface area contributed by atoms with Gasteiger partial charge in [-0.3, -0.25) is 0 Å². The lowest BCUT2D eigenvalue weighted by Crippen LogP contribution is -1.94. The van der Waals surface area contributed by atoms with Gasteiger partial charge in [0.15, 0.2) is 5.16 Å². The van der Waals surface area contributed by atoms with E-state index in [1.54, 1.807) is 18.0 Å². The van der Waals surface area contributed by atoms with Crippen molar-refractivity contribution in [1.82, 2.24) is 9.97 Å². The summed E-state index contributed by atoms with van der Waals surface area (Å²) in [5, 5.41) is 1.19. The highest BCUT2D eigenvalue weighted by molar-refractivity contribution is 7.99. The van der Waals surface area contributed by atoms with Crippen LogP contribution in [-0.4, -0.2) is 15.2 Å². The third-order valence-corrected chi connectivity index (χ3v) is 2.37. The van der Waals surface area contributed by atoms with E-state index in [1.165, 1.54) is 0 Å². The van der Waals surface area contributed by atoms with Gasteiger partial charge in [0, 0.05) is 17.1 Å². The Morgan fingerprint density at radius 2 is 2.42 bits per heavy atom. The van der Waals surface area contributed by atoms with Crippen molar-refractivity contribution < 1.29 is 0 Å². The predicted octanol–water partition coefficient (Wildman–Crippen LogP) is 2.45. The van der Waals surface area contributed by atoms with Crippen LogP contribution in [0.25, 0.3) is 0 Å². The lowest BCUT2D eigenvalue weighted by molar-refractivity contribution is 0.928. The highest BCUT2D eigenvalue weighted by Crippen LogP contribution is 2.18. The largest absolute Gasteiger partial charge is 0.231 e. The summed E-state index contributed by atoms with van der Waals surface area (Å²) in [4.78, 5) is 8.40. The maximum absolute atomic E-state index is 4.27. The van der Waals surface area contributed by atoms with Crippen LogP contribution in [0.3, 0.4) is 0 Å². The number of nitrogens with zero attached hydrogens (tertiary/aromatic N) is 2. The first kappa shape index (κ1) is 9.26. The van der Waals surface area contributed by atoms with Crippen LogP contribution < -0.4 is 0 Å². The van der Waals surface area contributed by atoms with Gasteiger partial charge in [0.1, 0.15) is 0 Å². The quantitative estimate of drug-likeness (QED) is 0.406. The van der Waals surface area contributed by atoms with Gasteiger partial charge in [-0.25, -0.2) is 9.97 Å². The van der Waals surface area contributed by atoms with E-state index >= 15 is 0 Å². The van der Waals surface area contributed by atoms with Gasteiger partial charge in [0.2, 0.25) is 0 Å². The topological polar surface area (TPSA) is 25.8 Å². The molecule has 0 aromatic carbocycles. The molecule has 1 atom stereocenters. The van der Waals surface area contributed by atoms with Crippen molar-refractivity contribution in [3.8, 4) is 0 Å². The van der Waals surface area contributed by atoms with E-state index in [4.69, 9.17) is 0 Å². The molecule has 0 radical (unpaired) electrons. The van der Waals surface area contributed by atoms with Crippen molar-refractivity contribution in [2.24, 2.45) is 0 Å². The Hall–Kier alpha value is -0.830. The molecule has 3 heteroatoms. The molecule has 1 aromatic heterocycles. The lowest BCUT2D eigenvalue weighted by atomic mass is 10.5. The molecule has 12 heavy (non-hydrogen) atoms. The Morgan fingerprint density at radius 3 is 3.00 bits per heavy atom. The van der Waals surface area contributed by atoms with Crippen molar-refractivity contribution >= 4 is 11.8 Å². The van der Waals surface area contributed by atoms with E-state index in [1.807, 2.05) is 19.1 Å². The molecule has 0 spiro atoms. The zero-order valence-corrected chi connectivity index (χ0v) is 8.14. The monoisotopic (exact) mass is 180 g/mol. The summed E-state index contributed by atoms with van der Waals surface area (Å²) in [6.45, 7) is 7.74. The van der Waals surface area contributed by atoms with Gasteiger partial charge in [-0.15, -0.1) is 6.58 Å². The standard InChI is InChI=1S/C9H12N2S/c1-4-8(3)12-9-10-6-5-7(2)11-9/h4-6,8H,1H2,2-3H3. The number of hydrogen-bond acceptors (Lipinski definition) is 3. The maximum Gasteiger partial charge on any atom is 0.188 e. The maximum atomic E-state index is 4.27. The fourth-order valence-corrected chi connectivity index (χ4v) is 1.44. The average Bonchev–Trinajstić information content (AvgIpc) is 2.04. The lowest BCUT2D eigenvalue weighted by Gasteiger charge is -2.03. The van der Waals surface area contributed by atoms with Crippen LogP contribution >= 0.6 is 11.8 Å². The molecule has 64 valence electrons. The van der Waals surface area contributed by atoms with Gasteiger partial charge < -0.3 is 0 Å². The van der Waals surface area contributed by atoms with Gasteiger partial charge in [-0.05, 0) is 19.9 Å². The van der Waals surface area contributed by atoms with E-state index in [0.29, 0.717) is 5.25 Å². The summed E-state index contributed by atoms with van der Waals surface area (Å²) in [5.74, 6) is 0. The highest BCUT2D eigenvalue weighted by atomic mass is 32.2. The number of aryl methyl sites for hydroxylation is 1. The highest BCUT2D eigenvalue weighted by Gasteiger charge is 2.01. The smallest absolute Gasteiger partial charge is 0.188 e. The number of hydrogen-bond donors (Lipinski definition) is 0. The molecule has 0 amide bonds. The molecule has 2 nitrogen and oxygen atoms in total. The Kier molecular flexibility index (Phi) is 3.29. The molecule has 0 aliphatic carbocycles. The molecule has 0 N–H and O–H groups in total. The average molecular weight is 180 g/mol. The molecular formula is C9H12N2S. The van der Waals surface area contributed by atoms with Gasteiger partial charge in [-0.1, -0.05) is 17.8 Å². The summed E-state index contributed by atoms with van der Waals surface area (Å²) < 4.78 is 0. The second-order valence-corrected chi connectivity index (χ2v) is 3.88. The fraction of sp³-hybridized carbons (Fsp3) is 0.333. The zero-order valence-electron chi connectivity index (χ0n) is 7.32. The third-order valence-electron chi connectivity index (χ3n) is 1.40. The van der Waals surface area contributed by atoms with Crippen molar-refractivity contribution in [3.63, 3.8) is 0 Å². The second-order valence-electron chi connectivity index (χ2n) is 2.54. The second kappa shape index (κ2) is 4.26. The minimum atomic E-state index is 0.367. The minimum Gasteiger partial charge on any atom is -0.231 e. The van der Waals surface area contributed by atoms with Crippen LogP contribution in [0.2, 0.25) is 0 Å². The zero-order chi connectivity index (χ0) is 8.97. The van der Waals surface area contributed by atoms with E-state index in [9.17, 15) is 0 Å². The van der Waals surface area contributed by atoms with Gasteiger partial charge in [0.05, 0.1) is 0 Å². The molecule has 1 unspecified atom stereocenters. The molecule has 1 rings (SSSR count). The number of thioether (sulfide) groups is 1. The predicted molar refractivity (Wildman–Crippen MR) is 52.3 cm³/mol. The summed E-state index contributed by atoms with van der Waals surface area (Å²) in [7, 11) is 0. The van der Waals surface area contributed by atoms with Crippen molar-refractivity contribution in [2.75, 3.05) is 0 Å². The molecule has 0 aliphatic heterocycles. The van der Waals surface area contributed by atoms with Crippen LogP contribution in [0.15, 0.2) is 30.1 Å². The Bertz CT molecular complexity index is 273. The SMILES string of the molecule is C=CC(C)Sc1nccc(C)n1. The van der Waals surface area contributed by atoms with Crippen LogP contribution in [0.5, 0.6) is 0 Å². The Balaban J connectivity index is 2.69. The number of aromatic nitrogens is 2. The van der Waals surface area contributed by atoms with E-state index < -0.39 is 0 Å². The van der Waals surface area contributed by atoms with E-state index in [0.717, 1.165) is 10.9 Å². The van der Waals surface area contributed by atoms with Crippen LogP contribution in [0.1, 0.15) is 12.6 Å². The van der Waals surface area contributed by atoms with Crippen LogP contribution in [0, 0.1) is 6.92 Å². The van der Waals surface area contributed by atoms with Gasteiger partial charge >= 0.3 is 0 Å². The molecule has 0 aliphatic rings. The molecule has 0 saturated heterocycles. The summed E-state index contributed by atoms with van der Waals surface area (Å²) in [5.41, 5.74) is 1.00. The minimum absolute atomic E-state index is 0.367. The molecular weight excluding hydrogens is 168 g/mol. The fourth-order valence-electron chi connectivity index (χ4n) is 0.697. The Morgan fingerprint density at radius 1 is 1.67 bits per heavy atom. The summed E-state index contributed by atoms with van der Waals surface area (Å²) in [6.07, 6.45) is 3.66. The van der Waals surface area contributed by atoms with Gasteiger partial charge in [0.25, 0.3) is 0 Å². The van der Waals surface area contributed by atoms with Crippen molar-refractivity contribution in [1.29, 1.82) is 0 Å². The Labute approximate surface area is 77.1 Å². The number of rotatable bonds is 3. The normalized spacial score (nSPS) is 12.5. The molecule has 1 aromatic rings. The van der Waals surface area contributed by atoms with Crippen molar-refractivity contribution in [3.05, 3.63) is 30.6 Å². The molecule has 0 saturated carbocycles. The van der Waals surface area contributed by atoms with E-state index in [-0.39, 0.29) is 0 Å². The molecule has 0 fully saturated rings. The van der Waals surface area contributed by atoms with Crippen molar-refractivity contribution in [2.45, 2.75) is 24.3 Å². The van der Waals surface area contributed by atoms with Gasteiger partial charge in [-0.2, -0.15) is 0 Å². The molecule has 1 heterocycles. The van der Waals surface area contributed by atoms with Crippen LogP contribution in [0.4, 0.5) is 0 Å². The van der Waals surface area contributed by atoms with E-state index in [2.05, 4.69) is 23.5 Å². The van der Waals surface area contributed by atoms with Crippen LogP contribution in [-0.2, 0) is 0 Å². The first-order chi connectivity index (χ1) is 5.72. The molecule has 0 bridgehead atoms. The third kappa shape index (κ3) is 2.66. The first-order valence-corrected chi connectivity index (χ1v) is 4.69. The summed E-state index contributed by atoms with van der Waals surface area (Å²) >= 11 is 1.62. The first-order valence-electron chi connectivity index (χ1n) is 3.81.